The summed E-state index contributed by atoms with van der Waals surface area (Å²) in [6.45, 7) is 2.82. The Bertz CT molecular complexity index is 522. The van der Waals surface area contributed by atoms with E-state index in [-0.39, 0.29) is 17.4 Å². The molecule has 2 aliphatic rings. The smallest absolute Gasteiger partial charge is 0.249 e. The first-order chi connectivity index (χ1) is 10.7. The second kappa shape index (κ2) is 7.11. The van der Waals surface area contributed by atoms with Gasteiger partial charge in [0.2, 0.25) is 5.91 Å². The number of carbonyl (C=O) groups is 1. The summed E-state index contributed by atoms with van der Waals surface area (Å²) in [4.78, 5) is 12.3. The number of hydrogen-bond acceptors (Lipinski definition) is 3. The number of carbonyl (C=O) groups excluding carboxylic acids is 1. The highest BCUT2D eigenvalue weighted by molar-refractivity contribution is 9.10. The number of rotatable bonds is 4. The molecule has 5 heteroatoms. The van der Waals surface area contributed by atoms with Gasteiger partial charge in [-0.15, -0.1) is 0 Å². The fourth-order valence-corrected chi connectivity index (χ4v) is 3.70. The zero-order chi connectivity index (χ0) is 15.4. The maximum atomic E-state index is 12.3. The summed E-state index contributed by atoms with van der Waals surface area (Å²) >= 11 is 3.55. The molecule has 1 N–H and O–H groups in total. The van der Waals surface area contributed by atoms with E-state index in [1.165, 1.54) is 5.56 Å². The van der Waals surface area contributed by atoms with Crippen LogP contribution in [-0.2, 0) is 19.7 Å². The van der Waals surface area contributed by atoms with E-state index < -0.39 is 0 Å². The van der Waals surface area contributed by atoms with Gasteiger partial charge in [0.15, 0.2) is 0 Å². The van der Waals surface area contributed by atoms with Crippen molar-refractivity contribution in [1.82, 2.24) is 5.32 Å². The van der Waals surface area contributed by atoms with E-state index in [4.69, 9.17) is 9.47 Å². The molecule has 0 radical (unpaired) electrons. The van der Waals surface area contributed by atoms with Crippen molar-refractivity contribution in [1.29, 1.82) is 0 Å². The molecule has 2 aliphatic heterocycles. The SMILES string of the molecule is O=C(NCC1(c2cccc(Br)c2)CCOCC1)[C@@H]1CCCO1. The topological polar surface area (TPSA) is 47.6 Å². The van der Waals surface area contributed by atoms with Crippen LogP contribution >= 0.6 is 15.9 Å². The van der Waals surface area contributed by atoms with Crippen LogP contribution in [-0.4, -0.2) is 38.4 Å². The van der Waals surface area contributed by atoms with Crippen molar-refractivity contribution in [3.63, 3.8) is 0 Å². The zero-order valence-electron chi connectivity index (χ0n) is 12.6. The summed E-state index contributed by atoms with van der Waals surface area (Å²) in [6, 6.07) is 8.39. The molecule has 0 aromatic heterocycles. The van der Waals surface area contributed by atoms with Crippen LogP contribution in [0.3, 0.4) is 0 Å². The van der Waals surface area contributed by atoms with E-state index in [0.717, 1.165) is 43.4 Å². The van der Waals surface area contributed by atoms with Crippen molar-refractivity contribution in [3.05, 3.63) is 34.3 Å². The lowest BCUT2D eigenvalue weighted by Gasteiger charge is -2.38. The van der Waals surface area contributed by atoms with Crippen LogP contribution in [0.5, 0.6) is 0 Å². The van der Waals surface area contributed by atoms with Crippen molar-refractivity contribution in [2.75, 3.05) is 26.4 Å². The average molecular weight is 368 g/mol. The van der Waals surface area contributed by atoms with Gasteiger partial charge in [-0.25, -0.2) is 0 Å². The average Bonchev–Trinajstić information content (AvgIpc) is 3.08. The highest BCUT2D eigenvalue weighted by atomic mass is 79.9. The molecule has 2 fully saturated rings. The molecule has 0 saturated carbocycles. The summed E-state index contributed by atoms with van der Waals surface area (Å²) in [5, 5.41) is 3.12. The molecule has 4 nitrogen and oxygen atoms in total. The molecule has 0 spiro atoms. The Morgan fingerprint density at radius 3 is 2.82 bits per heavy atom. The normalized spacial score (nSPS) is 24.1. The fraction of sp³-hybridized carbons (Fsp3) is 0.588. The number of benzene rings is 1. The number of nitrogens with one attached hydrogen (secondary N) is 1. The third kappa shape index (κ3) is 3.53. The first-order valence-electron chi connectivity index (χ1n) is 7.93. The summed E-state index contributed by atoms with van der Waals surface area (Å²) in [5.74, 6) is 0.0263. The summed E-state index contributed by atoms with van der Waals surface area (Å²) in [5.41, 5.74) is 1.22. The molecule has 1 aromatic carbocycles. The van der Waals surface area contributed by atoms with Crippen LogP contribution in [0.2, 0.25) is 0 Å². The van der Waals surface area contributed by atoms with Gasteiger partial charge < -0.3 is 14.8 Å². The Labute approximate surface area is 139 Å². The maximum Gasteiger partial charge on any atom is 0.249 e. The minimum atomic E-state index is -0.264. The van der Waals surface area contributed by atoms with Gasteiger partial charge in [0, 0.05) is 36.3 Å². The standard InChI is InChI=1S/C17H22BrNO3/c18-14-4-1-3-13(11-14)17(6-9-21-10-7-17)12-19-16(20)15-5-2-8-22-15/h1,3-4,11,15H,2,5-10,12H2,(H,19,20)/t15-/m0/s1. The van der Waals surface area contributed by atoms with E-state index in [2.05, 4.69) is 39.4 Å². The quantitative estimate of drug-likeness (QED) is 0.889. The van der Waals surface area contributed by atoms with Crippen molar-refractivity contribution in [2.45, 2.75) is 37.2 Å². The van der Waals surface area contributed by atoms with Crippen molar-refractivity contribution in [3.8, 4) is 0 Å². The van der Waals surface area contributed by atoms with Crippen molar-refractivity contribution in [2.24, 2.45) is 0 Å². The largest absolute Gasteiger partial charge is 0.381 e. The van der Waals surface area contributed by atoms with Gasteiger partial charge in [0.05, 0.1) is 0 Å². The third-order valence-electron chi connectivity index (χ3n) is 4.71. The molecular weight excluding hydrogens is 346 g/mol. The molecule has 0 unspecified atom stereocenters. The van der Waals surface area contributed by atoms with Gasteiger partial charge in [0.1, 0.15) is 6.10 Å². The van der Waals surface area contributed by atoms with Gasteiger partial charge in [-0.1, -0.05) is 28.1 Å². The molecule has 1 aromatic rings. The van der Waals surface area contributed by atoms with Gasteiger partial charge >= 0.3 is 0 Å². The Kier molecular flexibility index (Phi) is 5.16. The Morgan fingerprint density at radius 2 is 2.14 bits per heavy atom. The van der Waals surface area contributed by atoms with Gasteiger partial charge in [-0.05, 0) is 43.4 Å². The first-order valence-corrected chi connectivity index (χ1v) is 8.72. The second-order valence-electron chi connectivity index (χ2n) is 6.12. The molecule has 0 bridgehead atoms. The maximum absolute atomic E-state index is 12.3. The molecule has 120 valence electrons. The lowest BCUT2D eigenvalue weighted by atomic mass is 9.74. The lowest BCUT2D eigenvalue weighted by Crippen LogP contribution is -2.47. The van der Waals surface area contributed by atoms with Crippen molar-refractivity contribution >= 4 is 21.8 Å². The molecule has 2 saturated heterocycles. The van der Waals surface area contributed by atoms with E-state index in [9.17, 15) is 4.79 Å². The second-order valence-corrected chi connectivity index (χ2v) is 7.04. The lowest BCUT2D eigenvalue weighted by molar-refractivity contribution is -0.130. The van der Waals surface area contributed by atoms with Gasteiger partial charge in [-0.2, -0.15) is 0 Å². The summed E-state index contributed by atoms with van der Waals surface area (Å²) in [6.07, 6.45) is 3.39. The zero-order valence-corrected chi connectivity index (χ0v) is 14.2. The predicted octanol–water partition coefficient (Wildman–Crippen LogP) is 2.79. The van der Waals surface area contributed by atoms with Gasteiger partial charge in [0.25, 0.3) is 0 Å². The summed E-state index contributed by atoms with van der Waals surface area (Å²) in [7, 11) is 0. The molecule has 1 atom stereocenters. The highest BCUT2D eigenvalue weighted by Crippen LogP contribution is 2.35. The molecule has 2 heterocycles. The molecule has 0 aliphatic carbocycles. The Balaban J connectivity index is 1.73. The number of halogens is 1. The molecule has 3 rings (SSSR count). The van der Waals surface area contributed by atoms with Gasteiger partial charge in [-0.3, -0.25) is 4.79 Å². The van der Waals surface area contributed by atoms with Crippen LogP contribution in [0.1, 0.15) is 31.2 Å². The van der Waals surface area contributed by atoms with Crippen LogP contribution in [0, 0.1) is 0 Å². The van der Waals surface area contributed by atoms with E-state index in [0.29, 0.717) is 13.2 Å². The number of hydrogen-bond donors (Lipinski definition) is 1. The monoisotopic (exact) mass is 367 g/mol. The van der Waals surface area contributed by atoms with E-state index in [1.807, 2.05) is 6.07 Å². The molecular formula is C17H22BrNO3. The molecule has 1 amide bonds. The number of amides is 1. The van der Waals surface area contributed by atoms with Crippen molar-refractivity contribution < 1.29 is 14.3 Å². The Morgan fingerprint density at radius 1 is 1.32 bits per heavy atom. The van der Waals surface area contributed by atoms with E-state index in [1.54, 1.807) is 0 Å². The van der Waals surface area contributed by atoms with E-state index >= 15 is 0 Å². The number of ether oxygens (including phenoxy) is 2. The van der Waals surface area contributed by atoms with Crippen LogP contribution in [0.15, 0.2) is 28.7 Å². The minimum absolute atomic E-state index is 0.0263. The summed E-state index contributed by atoms with van der Waals surface area (Å²) < 4.78 is 12.1. The minimum Gasteiger partial charge on any atom is -0.381 e. The fourth-order valence-electron chi connectivity index (χ4n) is 3.30. The first kappa shape index (κ1) is 16.0. The third-order valence-corrected chi connectivity index (χ3v) is 5.20. The highest BCUT2D eigenvalue weighted by Gasteiger charge is 2.36. The molecule has 22 heavy (non-hydrogen) atoms. The van der Waals surface area contributed by atoms with Crippen LogP contribution in [0.25, 0.3) is 0 Å². The predicted molar refractivity (Wildman–Crippen MR) is 87.9 cm³/mol. The Hall–Kier alpha value is -0.910. The van der Waals surface area contributed by atoms with Crippen LogP contribution in [0.4, 0.5) is 0 Å². The van der Waals surface area contributed by atoms with Crippen LogP contribution < -0.4 is 5.32 Å².